The lowest BCUT2D eigenvalue weighted by atomic mass is 10.0. The summed E-state index contributed by atoms with van der Waals surface area (Å²) in [5, 5.41) is 0.772. The van der Waals surface area contributed by atoms with Gasteiger partial charge in [0.1, 0.15) is 0 Å². The molecule has 3 heteroatoms. The molecule has 0 saturated carbocycles. The Morgan fingerprint density at radius 3 is 2.35 bits per heavy atom. The van der Waals surface area contributed by atoms with Gasteiger partial charge < -0.3 is 5.73 Å². The van der Waals surface area contributed by atoms with E-state index in [4.69, 9.17) is 17.3 Å². The van der Waals surface area contributed by atoms with Gasteiger partial charge in [-0.2, -0.15) is 0 Å². The summed E-state index contributed by atoms with van der Waals surface area (Å²) in [6, 6.07) is 8.80. The van der Waals surface area contributed by atoms with E-state index in [2.05, 4.69) is 37.9 Å². The summed E-state index contributed by atoms with van der Waals surface area (Å²) < 4.78 is 0. The Balaban J connectivity index is 2.79. The fourth-order valence-corrected chi connectivity index (χ4v) is 2.28. The standard InChI is InChI=1S/C14H23ClN2/c1-4-5-11(2)17(3)14(10-16)12-6-8-13(15)9-7-12/h6-9,11,14H,4-5,10,16H2,1-3H3. The minimum Gasteiger partial charge on any atom is -0.329 e. The van der Waals surface area contributed by atoms with E-state index in [1.54, 1.807) is 0 Å². The second kappa shape index (κ2) is 7.00. The summed E-state index contributed by atoms with van der Waals surface area (Å²) in [4.78, 5) is 2.35. The van der Waals surface area contributed by atoms with Crippen molar-refractivity contribution in [3.63, 3.8) is 0 Å². The van der Waals surface area contributed by atoms with Crippen LogP contribution in [0.5, 0.6) is 0 Å². The molecule has 2 nitrogen and oxygen atoms in total. The quantitative estimate of drug-likeness (QED) is 0.843. The van der Waals surface area contributed by atoms with Crippen LogP contribution < -0.4 is 5.73 Å². The number of hydrogen-bond donors (Lipinski definition) is 1. The van der Waals surface area contributed by atoms with Crippen LogP contribution in [-0.4, -0.2) is 24.5 Å². The first kappa shape index (κ1) is 14.5. The highest BCUT2D eigenvalue weighted by Crippen LogP contribution is 2.23. The van der Waals surface area contributed by atoms with Crippen LogP contribution in [0.2, 0.25) is 5.02 Å². The second-order valence-corrected chi connectivity index (χ2v) is 5.04. The monoisotopic (exact) mass is 254 g/mol. The van der Waals surface area contributed by atoms with Crippen molar-refractivity contribution in [2.45, 2.75) is 38.8 Å². The fraction of sp³-hybridized carbons (Fsp3) is 0.571. The summed E-state index contributed by atoms with van der Waals surface area (Å²) in [5.74, 6) is 0. The lowest BCUT2D eigenvalue weighted by Crippen LogP contribution is -2.36. The van der Waals surface area contributed by atoms with E-state index in [9.17, 15) is 0 Å². The van der Waals surface area contributed by atoms with Crippen LogP contribution in [-0.2, 0) is 0 Å². The van der Waals surface area contributed by atoms with Crippen molar-refractivity contribution < 1.29 is 0 Å². The third-order valence-electron chi connectivity index (χ3n) is 3.37. The normalized spacial score (nSPS) is 14.9. The minimum atomic E-state index is 0.272. The number of rotatable bonds is 6. The largest absolute Gasteiger partial charge is 0.329 e. The maximum atomic E-state index is 5.91. The van der Waals surface area contributed by atoms with Crippen LogP contribution >= 0.6 is 11.6 Å². The van der Waals surface area contributed by atoms with Gasteiger partial charge >= 0.3 is 0 Å². The lowest BCUT2D eigenvalue weighted by Gasteiger charge is -2.32. The molecular formula is C14H23ClN2. The number of likely N-dealkylation sites (N-methyl/N-ethyl adjacent to an activating group) is 1. The van der Waals surface area contributed by atoms with Crippen LogP contribution in [0.25, 0.3) is 0 Å². The first-order chi connectivity index (χ1) is 8.10. The molecule has 1 aromatic carbocycles. The van der Waals surface area contributed by atoms with Gasteiger partial charge in [-0.25, -0.2) is 0 Å². The molecule has 0 spiro atoms. The lowest BCUT2D eigenvalue weighted by molar-refractivity contribution is 0.180. The predicted molar refractivity (Wildman–Crippen MR) is 75.4 cm³/mol. The van der Waals surface area contributed by atoms with E-state index < -0.39 is 0 Å². The number of halogens is 1. The molecule has 17 heavy (non-hydrogen) atoms. The van der Waals surface area contributed by atoms with Gasteiger partial charge in [-0.1, -0.05) is 37.1 Å². The smallest absolute Gasteiger partial charge is 0.0470 e. The summed E-state index contributed by atoms with van der Waals surface area (Å²) in [7, 11) is 2.15. The maximum Gasteiger partial charge on any atom is 0.0470 e. The van der Waals surface area contributed by atoms with E-state index in [-0.39, 0.29) is 6.04 Å². The molecule has 0 heterocycles. The minimum absolute atomic E-state index is 0.272. The molecule has 2 N–H and O–H groups in total. The molecule has 96 valence electrons. The Labute approximate surface area is 110 Å². The summed E-state index contributed by atoms with van der Waals surface area (Å²) in [5.41, 5.74) is 7.14. The molecule has 0 radical (unpaired) electrons. The van der Waals surface area contributed by atoms with Gasteiger partial charge in [0, 0.05) is 23.7 Å². The molecule has 0 aromatic heterocycles. The van der Waals surface area contributed by atoms with E-state index in [1.165, 1.54) is 18.4 Å². The average Bonchev–Trinajstić information content (AvgIpc) is 2.32. The van der Waals surface area contributed by atoms with Crippen LogP contribution in [0.1, 0.15) is 38.3 Å². The number of nitrogens with two attached hydrogens (primary N) is 1. The molecule has 0 aliphatic heterocycles. The topological polar surface area (TPSA) is 29.3 Å². The zero-order valence-corrected chi connectivity index (χ0v) is 11.7. The first-order valence-corrected chi connectivity index (χ1v) is 6.65. The summed E-state index contributed by atoms with van der Waals surface area (Å²) in [6.07, 6.45) is 2.39. The third-order valence-corrected chi connectivity index (χ3v) is 3.62. The Hall–Kier alpha value is -0.570. The highest BCUT2D eigenvalue weighted by Gasteiger charge is 2.19. The van der Waals surface area contributed by atoms with Gasteiger partial charge in [0.2, 0.25) is 0 Å². The highest BCUT2D eigenvalue weighted by molar-refractivity contribution is 6.30. The van der Waals surface area contributed by atoms with E-state index in [1.807, 2.05) is 12.1 Å². The SMILES string of the molecule is CCCC(C)N(C)C(CN)c1ccc(Cl)cc1. The molecule has 0 bridgehead atoms. The highest BCUT2D eigenvalue weighted by atomic mass is 35.5. The second-order valence-electron chi connectivity index (χ2n) is 4.61. The van der Waals surface area contributed by atoms with Crippen LogP contribution in [0.3, 0.4) is 0 Å². The van der Waals surface area contributed by atoms with Gasteiger partial charge in [0.15, 0.2) is 0 Å². The molecule has 0 fully saturated rings. The Morgan fingerprint density at radius 1 is 1.29 bits per heavy atom. The summed E-state index contributed by atoms with van der Waals surface area (Å²) >= 11 is 5.91. The number of nitrogens with zero attached hydrogens (tertiary/aromatic N) is 1. The Morgan fingerprint density at radius 2 is 1.88 bits per heavy atom. The summed E-state index contributed by atoms with van der Waals surface area (Å²) in [6.45, 7) is 5.10. The number of hydrogen-bond acceptors (Lipinski definition) is 2. The molecular weight excluding hydrogens is 232 g/mol. The van der Waals surface area contributed by atoms with Gasteiger partial charge in [-0.3, -0.25) is 4.90 Å². The zero-order chi connectivity index (χ0) is 12.8. The molecule has 0 amide bonds. The van der Waals surface area contributed by atoms with Crippen LogP contribution in [0.4, 0.5) is 0 Å². The van der Waals surface area contributed by atoms with Gasteiger partial charge in [-0.05, 0) is 38.1 Å². The Bertz CT molecular complexity index is 323. The van der Waals surface area contributed by atoms with E-state index >= 15 is 0 Å². The van der Waals surface area contributed by atoms with Gasteiger partial charge in [-0.15, -0.1) is 0 Å². The number of benzene rings is 1. The van der Waals surface area contributed by atoms with Crippen LogP contribution in [0.15, 0.2) is 24.3 Å². The van der Waals surface area contributed by atoms with Crippen LogP contribution in [0, 0.1) is 0 Å². The molecule has 1 rings (SSSR count). The average molecular weight is 255 g/mol. The third kappa shape index (κ3) is 3.98. The van der Waals surface area contributed by atoms with Gasteiger partial charge in [0.05, 0.1) is 0 Å². The van der Waals surface area contributed by atoms with Crippen molar-refractivity contribution in [1.82, 2.24) is 4.90 Å². The fourth-order valence-electron chi connectivity index (χ4n) is 2.15. The van der Waals surface area contributed by atoms with Crippen molar-refractivity contribution in [2.75, 3.05) is 13.6 Å². The van der Waals surface area contributed by atoms with E-state index in [0.29, 0.717) is 12.6 Å². The molecule has 2 unspecified atom stereocenters. The molecule has 2 atom stereocenters. The predicted octanol–water partition coefficient (Wildman–Crippen LogP) is 3.46. The molecule has 0 aliphatic rings. The van der Waals surface area contributed by atoms with E-state index in [0.717, 1.165) is 5.02 Å². The molecule has 1 aromatic rings. The Kier molecular flexibility index (Phi) is 5.96. The van der Waals surface area contributed by atoms with Crippen molar-refractivity contribution in [3.05, 3.63) is 34.9 Å². The molecule has 0 aliphatic carbocycles. The molecule has 0 saturated heterocycles. The van der Waals surface area contributed by atoms with Crippen molar-refractivity contribution >= 4 is 11.6 Å². The van der Waals surface area contributed by atoms with Crippen molar-refractivity contribution in [1.29, 1.82) is 0 Å². The zero-order valence-electron chi connectivity index (χ0n) is 11.0. The first-order valence-electron chi connectivity index (χ1n) is 6.27. The van der Waals surface area contributed by atoms with Crippen molar-refractivity contribution in [2.24, 2.45) is 5.73 Å². The maximum absolute atomic E-state index is 5.91. The van der Waals surface area contributed by atoms with Crippen molar-refractivity contribution in [3.8, 4) is 0 Å². The van der Waals surface area contributed by atoms with Gasteiger partial charge in [0.25, 0.3) is 0 Å².